The fraction of sp³-hybridized carbons (Fsp3) is 0.333. The van der Waals surface area contributed by atoms with Gasteiger partial charge in [-0.2, -0.15) is 5.10 Å². The number of anilines is 1. The molecule has 3 rings (SSSR count). The van der Waals surface area contributed by atoms with Gasteiger partial charge in [0.05, 0.1) is 18.4 Å². The summed E-state index contributed by atoms with van der Waals surface area (Å²) in [6, 6.07) is 3.23. The molecule has 1 amide bonds. The summed E-state index contributed by atoms with van der Waals surface area (Å²) in [6.45, 7) is 0.757. The van der Waals surface area contributed by atoms with E-state index >= 15 is 0 Å². The maximum absolute atomic E-state index is 14.5. The van der Waals surface area contributed by atoms with E-state index in [1.807, 2.05) is 0 Å². The van der Waals surface area contributed by atoms with Crippen LogP contribution in [0.5, 0.6) is 0 Å². The van der Waals surface area contributed by atoms with Gasteiger partial charge in [0.1, 0.15) is 10.7 Å². The zero-order valence-electron chi connectivity index (χ0n) is 13.5. The quantitative estimate of drug-likeness (QED) is 0.696. The maximum atomic E-state index is 14.5. The third-order valence-corrected chi connectivity index (χ3v) is 5.25. The van der Waals surface area contributed by atoms with Crippen LogP contribution < -0.4 is 15.4 Å². The van der Waals surface area contributed by atoms with Crippen molar-refractivity contribution in [1.82, 2.24) is 19.8 Å². The van der Waals surface area contributed by atoms with E-state index < -0.39 is 28.3 Å². The predicted molar refractivity (Wildman–Crippen MR) is 88.8 cm³/mol. The molecule has 0 radical (unpaired) electrons. The van der Waals surface area contributed by atoms with E-state index in [0.717, 1.165) is 5.56 Å². The van der Waals surface area contributed by atoms with E-state index in [9.17, 15) is 17.6 Å². The van der Waals surface area contributed by atoms with Gasteiger partial charge in [0.15, 0.2) is 0 Å². The van der Waals surface area contributed by atoms with E-state index in [2.05, 4.69) is 20.5 Å². The van der Waals surface area contributed by atoms with E-state index in [1.54, 1.807) is 13.1 Å². The van der Waals surface area contributed by atoms with Crippen molar-refractivity contribution in [2.75, 3.05) is 18.4 Å². The highest BCUT2D eigenvalue weighted by Gasteiger charge is 2.20. The van der Waals surface area contributed by atoms with Gasteiger partial charge in [0, 0.05) is 19.8 Å². The van der Waals surface area contributed by atoms with Crippen molar-refractivity contribution >= 4 is 21.6 Å². The topological polar surface area (TPSA) is 105 Å². The van der Waals surface area contributed by atoms with Gasteiger partial charge in [-0.1, -0.05) is 6.07 Å². The minimum Gasteiger partial charge on any atom is -0.322 e. The Labute approximate surface area is 144 Å². The van der Waals surface area contributed by atoms with Crippen molar-refractivity contribution in [3.05, 3.63) is 41.5 Å². The number of amides is 1. The van der Waals surface area contributed by atoms with Gasteiger partial charge in [-0.05, 0) is 30.2 Å². The van der Waals surface area contributed by atoms with Gasteiger partial charge in [-0.3, -0.25) is 9.48 Å². The van der Waals surface area contributed by atoms with Gasteiger partial charge < -0.3 is 10.6 Å². The lowest BCUT2D eigenvalue weighted by molar-refractivity contribution is -0.115. The van der Waals surface area contributed by atoms with Crippen LogP contribution in [-0.2, 0) is 34.8 Å². The highest BCUT2D eigenvalue weighted by Crippen LogP contribution is 2.24. The number of halogens is 1. The molecule has 2 heterocycles. The van der Waals surface area contributed by atoms with Crippen LogP contribution in [0.3, 0.4) is 0 Å². The van der Waals surface area contributed by atoms with Crippen molar-refractivity contribution in [2.24, 2.45) is 7.05 Å². The largest absolute Gasteiger partial charge is 0.322 e. The first-order valence-corrected chi connectivity index (χ1v) is 9.14. The van der Waals surface area contributed by atoms with Crippen molar-refractivity contribution in [1.29, 1.82) is 0 Å². The number of aromatic nitrogens is 2. The van der Waals surface area contributed by atoms with E-state index in [4.69, 9.17) is 0 Å². The standard InChI is InChI=1S/C15H18FN5O3S/c1-21-9-11(7-18-21)25(23,24)19-8-14(22)20-13-3-2-10-6-17-5-4-12(10)15(13)16/h2-3,7,9,17,19H,4-6,8H2,1H3,(H,20,22). The number of sulfonamides is 1. The van der Waals surface area contributed by atoms with E-state index in [-0.39, 0.29) is 10.6 Å². The Morgan fingerprint density at radius 2 is 2.24 bits per heavy atom. The summed E-state index contributed by atoms with van der Waals surface area (Å²) in [5, 5.41) is 9.33. The van der Waals surface area contributed by atoms with E-state index in [0.29, 0.717) is 25.1 Å². The Morgan fingerprint density at radius 3 is 2.96 bits per heavy atom. The van der Waals surface area contributed by atoms with Crippen LogP contribution in [0.15, 0.2) is 29.4 Å². The smallest absolute Gasteiger partial charge is 0.244 e. The molecule has 2 aromatic rings. The fourth-order valence-electron chi connectivity index (χ4n) is 2.61. The molecule has 10 heteroatoms. The summed E-state index contributed by atoms with van der Waals surface area (Å²) in [5.74, 6) is -1.12. The maximum Gasteiger partial charge on any atom is 0.244 e. The molecule has 1 aromatic carbocycles. The summed E-state index contributed by atoms with van der Waals surface area (Å²) < 4.78 is 42.0. The summed E-state index contributed by atoms with van der Waals surface area (Å²) in [4.78, 5) is 11.9. The van der Waals surface area contributed by atoms with Crippen LogP contribution in [0.25, 0.3) is 0 Å². The number of rotatable bonds is 5. The molecule has 134 valence electrons. The highest BCUT2D eigenvalue weighted by molar-refractivity contribution is 7.89. The minimum atomic E-state index is -3.85. The predicted octanol–water partition coefficient (Wildman–Crippen LogP) is 0.122. The number of hydrogen-bond donors (Lipinski definition) is 3. The average Bonchev–Trinajstić information content (AvgIpc) is 3.03. The molecule has 3 N–H and O–H groups in total. The first kappa shape index (κ1) is 17.5. The zero-order chi connectivity index (χ0) is 18.0. The van der Waals surface area contributed by atoms with Crippen molar-refractivity contribution in [3.63, 3.8) is 0 Å². The highest BCUT2D eigenvalue weighted by atomic mass is 32.2. The number of benzene rings is 1. The number of nitrogens with one attached hydrogen (secondary N) is 3. The summed E-state index contributed by atoms with van der Waals surface area (Å²) >= 11 is 0. The van der Waals surface area contributed by atoms with Crippen LogP contribution in [0.2, 0.25) is 0 Å². The number of carbonyl (C=O) groups is 1. The molecule has 0 saturated heterocycles. The number of aryl methyl sites for hydroxylation is 1. The molecule has 8 nitrogen and oxygen atoms in total. The Hall–Kier alpha value is -2.30. The molecule has 25 heavy (non-hydrogen) atoms. The normalized spacial score (nSPS) is 14.2. The molecule has 0 spiro atoms. The van der Waals surface area contributed by atoms with Gasteiger partial charge in [0.2, 0.25) is 15.9 Å². The molecule has 0 atom stereocenters. The fourth-order valence-corrected chi connectivity index (χ4v) is 3.57. The number of nitrogens with zero attached hydrogens (tertiary/aromatic N) is 2. The van der Waals surface area contributed by atoms with Gasteiger partial charge in [-0.25, -0.2) is 17.5 Å². The van der Waals surface area contributed by atoms with Crippen LogP contribution >= 0.6 is 0 Å². The SMILES string of the molecule is Cn1cc(S(=O)(=O)NCC(=O)Nc2ccc3c(c2F)CCNC3)cn1. The van der Waals surface area contributed by atoms with Gasteiger partial charge in [0.25, 0.3) is 0 Å². The summed E-state index contributed by atoms with van der Waals surface area (Å²) in [5.41, 5.74) is 1.48. The minimum absolute atomic E-state index is 0.0461. The molecular weight excluding hydrogens is 349 g/mol. The number of fused-ring (bicyclic) bond motifs is 1. The molecule has 1 aromatic heterocycles. The Balaban J connectivity index is 1.65. The van der Waals surface area contributed by atoms with Crippen molar-refractivity contribution < 1.29 is 17.6 Å². The molecule has 0 saturated carbocycles. The first-order valence-electron chi connectivity index (χ1n) is 7.66. The van der Waals surface area contributed by atoms with Crippen molar-refractivity contribution in [3.8, 4) is 0 Å². The third kappa shape index (κ3) is 3.86. The zero-order valence-corrected chi connectivity index (χ0v) is 14.4. The molecule has 1 aliphatic heterocycles. The van der Waals surface area contributed by atoms with Crippen LogP contribution in [0.4, 0.5) is 10.1 Å². The van der Waals surface area contributed by atoms with Gasteiger partial charge in [-0.15, -0.1) is 0 Å². The Bertz CT molecular complexity index is 910. The van der Waals surface area contributed by atoms with Crippen molar-refractivity contribution in [2.45, 2.75) is 17.9 Å². The molecule has 0 fully saturated rings. The lowest BCUT2D eigenvalue weighted by atomic mass is 9.99. The second-order valence-corrected chi connectivity index (χ2v) is 7.48. The molecule has 0 bridgehead atoms. The summed E-state index contributed by atoms with van der Waals surface area (Å²) in [6.07, 6.45) is 3.04. The van der Waals surface area contributed by atoms with Crippen LogP contribution in [0, 0.1) is 5.82 Å². The molecular formula is C15H18FN5O3S. The van der Waals surface area contributed by atoms with Crippen LogP contribution in [0.1, 0.15) is 11.1 Å². The second-order valence-electron chi connectivity index (χ2n) is 5.71. The summed E-state index contributed by atoms with van der Waals surface area (Å²) in [7, 11) is -2.26. The number of hydrogen-bond acceptors (Lipinski definition) is 5. The molecule has 1 aliphatic rings. The van der Waals surface area contributed by atoms with E-state index in [1.165, 1.54) is 23.1 Å². The lowest BCUT2D eigenvalue weighted by Gasteiger charge is -2.19. The second kappa shape index (κ2) is 6.90. The van der Waals surface area contributed by atoms with Crippen LogP contribution in [-0.4, -0.2) is 37.2 Å². The average molecular weight is 367 g/mol. The third-order valence-electron chi connectivity index (χ3n) is 3.90. The van der Waals surface area contributed by atoms with Gasteiger partial charge >= 0.3 is 0 Å². The monoisotopic (exact) mass is 367 g/mol. The first-order chi connectivity index (χ1) is 11.9. The Kier molecular flexibility index (Phi) is 4.84. The molecule has 0 unspecified atom stereocenters. The number of carbonyl (C=O) groups excluding carboxylic acids is 1. The Morgan fingerprint density at radius 1 is 1.44 bits per heavy atom. The lowest BCUT2D eigenvalue weighted by Crippen LogP contribution is -2.33. The molecule has 0 aliphatic carbocycles.